The van der Waals surface area contributed by atoms with Crippen molar-refractivity contribution in [1.82, 2.24) is 4.98 Å². The van der Waals surface area contributed by atoms with Crippen LogP contribution in [-0.4, -0.2) is 60.7 Å². The molecule has 5 N–H and O–H groups in total. The maximum atomic E-state index is 11.1. The van der Waals surface area contributed by atoms with E-state index in [1.807, 2.05) is 0 Å². The third-order valence-electron chi connectivity index (χ3n) is 5.89. The standard InChI is InChI=1S/C18H24ClNO6/c1-15(22)14(9-21)26-18(4,17(3,24)16(15,2)23)25-13-8-20-12-7-10(19)5-6-11(12)13/h5-8,14,20-24H,9H2,1-4H3/t14-,15-,16+,17-,18+/m0/s1. The third kappa shape index (κ3) is 2.46. The lowest BCUT2D eigenvalue weighted by molar-refractivity contribution is -0.415. The van der Waals surface area contributed by atoms with E-state index in [4.69, 9.17) is 21.1 Å². The number of nitrogens with one attached hydrogen (secondary N) is 1. The first-order chi connectivity index (χ1) is 11.9. The molecule has 2 aromatic rings. The molecule has 3 rings (SSSR count). The zero-order valence-corrected chi connectivity index (χ0v) is 15.8. The van der Waals surface area contributed by atoms with Crippen LogP contribution in [0.2, 0.25) is 5.02 Å². The minimum atomic E-state index is -2.05. The molecule has 1 aliphatic rings. The molecule has 1 aromatic carbocycles. The van der Waals surface area contributed by atoms with Crippen molar-refractivity contribution in [2.75, 3.05) is 6.61 Å². The van der Waals surface area contributed by atoms with Crippen LogP contribution in [0.5, 0.6) is 5.75 Å². The molecule has 0 unspecified atom stereocenters. The van der Waals surface area contributed by atoms with E-state index >= 15 is 0 Å². The van der Waals surface area contributed by atoms with Gasteiger partial charge in [-0.15, -0.1) is 0 Å². The first-order valence-electron chi connectivity index (χ1n) is 8.29. The van der Waals surface area contributed by atoms with E-state index < -0.39 is 35.3 Å². The van der Waals surface area contributed by atoms with Crippen molar-refractivity contribution in [3.05, 3.63) is 29.4 Å². The quantitative estimate of drug-likeness (QED) is 0.547. The van der Waals surface area contributed by atoms with Gasteiger partial charge in [0.05, 0.1) is 12.1 Å². The molecule has 1 aromatic heterocycles. The fraction of sp³-hybridized carbons (Fsp3) is 0.556. The molecule has 0 aliphatic carbocycles. The van der Waals surface area contributed by atoms with Gasteiger partial charge in [-0.3, -0.25) is 0 Å². The molecular weight excluding hydrogens is 362 g/mol. The number of ether oxygens (including phenoxy) is 2. The van der Waals surface area contributed by atoms with Gasteiger partial charge in [-0.25, -0.2) is 0 Å². The van der Waals surface area contributed by atoms with Gasteiger partial charge in [0.25, 0.3) is 0 Å². The number of hydrogen-bond acceptors (Lipinski definition) is 6. The predicted molar refractivity (Wildman–Crippen MR) is 96.2 cm³/mol. The zero-order chi connectivity index (χ0) is 19.5. The molecule has 0 saturated carbocycles. The number of aliphatic hydroxyl groups excluding tert-OH is 1. The topological polar surface area (TPSA) is 115 Å². The normalized spacial score (nSPS) is 40.7. The minimum absolute atomic E-state index is 0.369. The fourth-order valence-electron chi connectivity index (χ4n) is 3.45. The van der Waals surface area contributed by atoms with Crippen LogP contribution in [-0.2, 0) is 4.74 Å². The summed E-state index contributed by atoms with van der Waals surface area (Å²) < 4.78 is 11.7. The minimum Gasteiger partial charge on any atom is -0.457 e. The highest BCUT2D eigenvalue weighted by atomic mass is 35.5. The Bertz CT molecular complexity index is 830. The Kier molecular flexibility index (Phi) is 4.35. The van der Waals surface area contributed by atoms with Crippen molar-refractivity contribution in [3.8, 4) is 5.75 Å². The van der Waals surface area contributed by atoms with Gasteiger partial charge in [-0.05, 0) is 39.0 Å². The number of benzene rings is 1. The number of aromatic nitrogens is 1. The molecule has 0 amide bonds. The summed E-state index contributed by atoms with van der Waals surface area (Å²) >= 11 is 5.99. The summed E-state index contributed by atoms with van der Waals surface area (Å²) in [5.41, 5.74) is -5.26. The fourth-order valence-corrected chi connectivity index (χ4v) is 3.63. The van der Waals surface area contributed by atoms with Crippen LogP contribution in [0, 0.1) is 0 Å². The number of aromatic amines is 1. The van der Waals surface area contributed by atoms with E-state index in [1.54, 1.807) is 24.4 Å². The van der Waals surface area contributed by atoms with Crippen LogP contribution in [0.25, 0.3) is 10.9 Å². The van der Waals surface area contributed by atoms with Gasteiger partial charge >= 0.3 is 0 Å². The third-order valence-corrected chi connectivity index (χ3v) is 6.12. The molecule has 144 valence electrons. The van der Waals surface area contributed by atoms with E-state index in [1.165, 1.54) is 27.7 Å². The van der Waals surface area contributed by atoms with Crippen molar-refractivity contribution < 1.29 is 29.9 Å². The molecule has 0 spiro atoms. The van der Waals surface area contributed by atoms with Crippen LogP contribution in [0.15, 0.2) is 24.4 Å². The van der Waals surface area contributed by atoms with Crippen LogP contribution in [0.3, 0.4) is 0 Å². The largest absolute Gasteiger partial charge is 0.457 e. The number of rotatable bonds is 3. The molecule has 2 heterocycles. The van der Waals surface area contributed by atoms with E-state index in [2.05, 4.69) is 4.98 Å². The first-order valence-corrected chi connectivity index (χ1v) is 8.66. The Hall–Kier alpha value is -1.35. The second-order valence-corrected chi connectivity index (χ2v) is 7.91. The molecule has 0 radical (unpaired) electrons. The first kappa shape index (κ1) is 19.4. The lowest BCUT2D eigenvalue weighted by atomic mass is 9.65. The summed E-state index contributed by atoms with van der Waals surface area (Å²) in [4.78, 5) is 3.02. The lowest BCUT2D eigenvalue weighted by Gasteiger charge is -2.61. The lowest BCUT2D eigenvalue weighted by Crippen LogP contribution is -2.82. The van der Waals surface area contributed by atoms with Crippen molar-refractivity contribution >= 4 is 22.5 Å². The van der Waals surface area contributed by atoms with Crippen molar-refractivity contribution in [2.24, 2.45) is 0 Å². The smallest absolute Gasteiger partial charge is 0.239 e. The Balaban J connectivity index is 2.06. The van der Waals surface area contributed by atoms with Crippen LogP contribution in [0.4, 0.5) is 0 Å². The number of hydrogen-bond donors (Lipinski definition) is 5. The summed E-state index contributed by atoms with van der Waals surface area (Å²) in [5, 5.41) is 43.6. The highest BCUT2D eigenvalue weighted by molar-refractivity contribution is 6.31. The van der Waals surface area contributed by atoms with Crippen LogP contribution < -0.4 is 4.74 Å². The van der Waals surface area contributed by atoms with Gasteiger partial charge in [0.2, 0.25) is 5.79 Å². The van der Waals surface area contributed by atoms with Gasteiger partial charge in [0.15, 0.2) is 5.60 Å². The van der Waals surface area contributed by atoms with Crippen molar-refractivity contribution in [1.29, 1.82) is 0 Å². The van der Waals surface area contributed by atoms with Gasteiger partial charge < -0.3 is 34.9 Å². The van der Waals surface area contributed by atoms with Crippen LogP contribution >= 0.6 is 11.6 Å². The molecule has 26 heavy (non-hydrogen) atoms. The Labute approximate surface area is 156 Å². The second-order valence-electron chi connectivity index (χ2n) is 7.47. The number of halogens is 1. The highest BCUT2D eigenvalue weighted by Crippen LogP contribution is 2.50. The Morgan fingerprint density at radius 2 is 1.81 bits per heavy atom. The summed E-state index contributed by atoms with van der Waals surface area (Å²) in [6, 6.07) is 5.18. The van der Waals surface area contributed by atoms with Crippen molar-refractivity contribution in [3.63, 3.8) is 0 Å². The van der Waals surface area contributed by atoms with Crippen LogP contribution in [0.1, 0.15) is 27.7 Å². The molecule has 0 bridgehead atoms. The maximum Gasteiger partial charge on any atom is 0.239 e. The van der Waals surface area contributed by atoms with Crippen molar-refractivity contribution in [2.45, 2.75) is 56.4 Å². The molecule has 8 heteroatoms. The Morgan fingerprint density at radius 3 is 2.42 bits per heavy atom. The second kappa shape index (κ2) is 5.82. The Morgan fingerprint density at radius 1 is 1.15 bits per heavy atom. The molecule has 5 atom stereocenters. The van der Waals surface area contributed by atoms with E-state index in [0.717, 1.165) is 5.52 Å². The average molecular weight is 386 g/mol. The van der Waals surface area contributed by atoms with Gasteiger partial charge in [-0.1, -0.05) is 11.6 Å². The SMILES string of the molecule is C[C@@]1(Oc2c[nH]c3cc(Cl)ccc23)O[C@@H](CO)[C@](C)(O)[C@@](C)(O)[C@]1(C)O. The molecule has 1 fully saturated rings. The molecule has 7 nitrogen and oxygen atoms in total. The summed E-state index contributed by atoms with van der Waals surface area (Å²) in [6.07, 6.45) is 0.406. The molecular formula is C18H24ClNO6. The number of H-pyrrole nitrogens is 1. The average Bonchev–Trinajstić information content (AvgIpc) is 2.92. The summed E-state index contributed by atoms with van der Waals surface area (Å²) in [5.74, 6) is -1.39. The van der Waals surface area contributed by atoms with Gasteiger partial charge in [-0.2, -0.15) is 0 Å². The number of aliphatic hydroxyl groups is 4. The zero-order valence-electron chi connectivity index (χ0n) is 15.1. The van der Waals surface area contributed by atoms with E-state index in [9.17, 15) is 20.4 Å². The summed E-state index contributed by atoms with van der Waals surface area (Å²) in [6.45, 7) is 4.79. The number of fused-ring (bicyclic) bond motifs is 1. The maximum absolute atomic E-state index is 11.1. The highest BCUT2D eigenvalue weighted by Gasteiger charge is 2.71. The predicted octanol–water partition coefficient (Wildman–Crippen LogP) is 1.56. The molecule has 1 aliphatic heterocycles. The van der Waals surface area contributed by atoms with E-state index in [0.29, 0.717) is 16.2 Å². The summed E-state index contributed by atoms with van der Waals surface area (Å²) in [7, 11) is 0. The monoisotopic (exact) mass is 385 g/mol. The molecule has 1 saturated heterocycles. The van der Waals surface area contributed by atoms with E-state index in [-0.39, 0.29) is 0 Å². The van der Waals surface area contributed by atoms with Gasteiger partial charge in [0.1, 0.15) is 23.1 Å². The van der Waals surface area contributed by atoms with Gasteiger partial charge in [0, 0.05) is 23.5 Å².